The van der Waals surface area contributed by atoms with E-state index in [-0.39, 0.29) is 5.69 Å². The Kier molecular flexibility index (Phi) is 6.66. The first-order valence-corrected chi connectivity index (χ1v) is 9.73. The van der Waals surface area contributed by atoms with Crippen LogP contribution in [0.2, 0.25) is 0 Å². The standard InChI is InChI=1S/C17H18N4O6S/c1-27-16-9-7-14(8-10-16)20(28(2,25)26)12-17(22)19-18-11-13-3-5-15(6-4-13)21(23)24/h3-11H,12H2,1-2H3,(H,19,22)/b18-11+. The summed E-state index contributed by atoms with van der Waals surface area (Å²) in [6.45, 7) is -0.469. The van der Waals surface area contributed by atoms with E-state index in [0.29, 0.717) is 17.0 Å². The normalized spacial score (nSPS) is 11.2. The predicted octanol–water partition coefficient (Wildman–Crippen LogP) is 1.52. The van der Waals surface area contributed by atoms with Crippen LogP contribution < -0.4 is 14.5 Å². The predicted molar refractivity (Wildman–Crippen MR) is 104 cm³/mol. The molecule has 0 saturated heterocycles. The van der Waals surface area contributed by atoms with Crippen LogP contribution in [0, 0.1) is 10.1 Å². The van der Waals surface area contributed by atoms with Crippen LogP contribution in [0.15, 0.2) is 53.6 Å². The summed E-state index contributed by atoms with van der Waals surface area (Å²) in [5, 5.41) is 14.3. The van der Waals surface area contributed by atoms with Gasteiger partial charge in [-0.3, -0.25) is 19.2 Å². The molecule has 1 amide bonds. The van der Waals surface area contributed by atoms with Crippen LogP contribution in [0.4, 0.5) is 11.4 Å². The van der Waals surface area contributed by atoms with Crippen LogP contribution >= 0.6 is 0 Å². The van der Waals surface area contributed by atoms with Crippen LogP contribution in [0.25, 0.3) is 0 Å². The average Bonchev–Trinajstić information content (AvgIpc) is 2.66. The van der Waals surface area contributed by atoms with E-state index in [9.17, 15) is 23.3 Å². The Morgan fingerprint density at radius 3 is 2.32 bits per heavy atom. The van der Waals surface area contributed by atoms with Gasteiger partial charge in [-0.2, -0.15) is 5.10 Å². The molecule has 10 nitrogen and oxygen atoms in total. The number of rotatable bonds is 8. The highest BCUT2D eigenvalue weighted by Crippen LogP contribution is 2.21. The third-order valence-electron chi connectivity index (χ3n) is 3.55. The van der Waals surface area contributed by atoms with Gasteiger partial charge in [-0.15, -0.1) is 0 Å². The summed E-state index contributed by atoms with van der Waals surface area (Å²) in [6, 6.07) is 11.7. The number of anilines is 1. The van der Waals surface area contributed by atoms with Crippen LogP contribution in [0.1, 0.15) is 5.56 Å². The zero-order valence-corrected chi connectivity index (χ0v) is 15.9. The van der Waals surface area contributed by atoms with E-state index in [1.807, 2.05) is 0 Å². The molecule has 0 heterocycles. The molecule has 2 aromatic rings. The molecular weight excluding hydrogens is 388 g/mol. The molecule has 0 radical (unpaired) electrons. The van der Waals surface area contributed by atoms with E-state index >= 15 is 0 Å². The molecule has 28 heavy (non-hydrogen) atoms. The molecule has 2 aromatic carbocycles. The summed E-state index contributed by atoms with van der Waals surface area (Å²) in [5.74, 6) is -0.103. The quantitative estimate of drug-likeness (QED) is 0.402. The van der Waals surface area contributed by atoms with Gasteiger partial charge in [-0.25, -0.2) is 13.8 Å². The highest BCUT2D eigenvalue weighted by molar-refractivity contribution is 7.92. The van der Waals surface area contributed by atoms with Crippen LogP contribution in [-0.4, -0.2) is 45.4 Å². The molecule has 0 aliphatic heterocycles. The van der Waals surface area contributed by atoms with Gasteiger partial charge in [0.25, 0.3) is 11.6 Å². The molecule has 0 fully saturated rings. The van der Waals surface area contributed by atoms with Crippen molar-refractivity contribution in [1.29, 1.82) is 0 Å². The molecule has 0 unspecified atom stereocenters. The van der Waals surface area contributed by atoms with Crippen molar-refractivity contribution in [3.8, 4) is 5.75 Å². The van der Waals surface area contributed by atoms with Gasteiger partial charge in [0.05, 0.1) is 30.2 Å². The van der Waals surface area contributed by atoms with Crippen molar-refractivity contribution in [1.82, 2.24) is 5.43 Å². The minimum absolute atomic E-state index is 0.0653. The fourth-order valence-electron chi connectivity index (χ4n) is 2.18. The molecule has 148 valence electrons. The number of carbonyl (C=O) groups is 1. The van der Waals surface area contributed by atoms with Gasteiger partial charge in [-0.1, -0.05) is 0 Å². The number of ether oxygens (including phenoxy) is 1. The summed E-state index contributed by atoms with van der Waals surface area (Å²) < 4.78 is 30.0. The van der Waals surface area contributed by atoms with E-state index in [1.54, 1.807) is 12.1 Å². The minimum atomic E-state index is -3.71. The Balaban J connectivity index is 2.04. The number of benzene rings is 2. The lowest BCUT2D eigenvalue weighted by molar-refractivity contribution is -0.384. The minimum Gasteiger partial charge on any atom is -0.497 e. The molecule has 11 heteroatoms. The third kappa shape index (κ3) is 5.77. The van der Waals surface area contributed by atoms with Gasteiger partial charge in [0.2, 0.25) is 10.0 Å². The zero-order valence-electron chi connectivity index (χ0n) is 15.1. The molecule has 0 atom stereocenters. The first-order chi connectivity index (χ1) is 13.2. The van der Waals surface area contributed by atoms with Crippen molar-refractivity contribution in [3.05, 3.63) is 64.2 Å². The summed E-state index contributed by atoms with van der Waals surface area (Å²) in [5.41, 5.74) is 3.00. The Labute approximate surface area is 161 Å². The van der Waals surface area contributed by atoms with E-state index in [0.717, 1.165) is 10.6 Å². The number of hydrogen-bond donors (Lipinski definition) is 1. The van der Waals surface area contributed by atoms with Gasteiger partial charge < -0.3 is 4.74 Å². The largest absolute Gasteiger partial charge is 0.497 e. The molecule has 1 N–H and O–H groups in total. The second-order valence-corrected chi connectivity index (χ2v) is 7.52. The van der Waals surface area contributed by atoms with Crippen molar-refractivity contribution in [2.24, 2.45) is 5.10 Å². The highest BCUT2D eigenvalue weighted by Gasteiger charge is 2.20. The van der Waals surface area contributed by atoms with Gasteiger partial charge in [0, 0.05) is 12.1 Å². The smallest absolute Gasteiger partial charge is 0.269 e. The maximum absolute atomic E-state index is 12.1. The fourth-order valence-corrected chi connectivity index (χ4v) is 3.03. The second-order valence-electron chi connectivity index (χ2n) is 5.61. The Hall–Kier alpha value is -3.47. The lowest BCUT2D eigenvalue weighted by atomic mass is 10.2. The summed E-state index contributed by atoms with van der Waals surface area (Å²) in [6.07, 6.45) is 2.28. The van der Waals surface area contributed by atoms with Crippen molar-refractivity contribution in [2.45, 2.75) is 0 Å². The summed E-state index contributed by atoms with van der Waals surface area (Å²) in [7, 11) is -2.22. The topological polar surface area (TPSA) is 131 Å². The highest BCUT2D eigenvalue weighted by atomic mass is 32.2. The number of hydrazone groups is 1. The van der Waals surface area contributed by atoms with E-state index in [4.69, 9.17) is 4.74 Å². The number of amides is 1. The number of hydrogen-bond acceptors (Lipinski definition) is 7. The van der Waals surface area contributed by atoms with Crippen LogP contribution in [0.5, 0.6) is 5.75 Å². The number of methoxy groups -OCH3 is 1. The maximum Gasteiger partial charge on any atom is 0.269 e. The second kappa shape index (κ2) is 8.95. The number of nitrogens with zero attached hydrogens (tertiary/aromatic N) is 3. The van der Waals surface area contributed by atoms with Crippen molar-refractivity contribution in [3.63, 3.8) is 0 Å². The molecule has 0 spiro atoms. The number of nitrogens with one attached hydrogen (secondary N) is 1. The van der Waals surface area contributed by atoms with Crippen molar-refractivity contribution in [2.75, 3.05) is 24.2 Å². The molecule has 2 rings (SSSR count). The van der Waals surface area contributed by atoms with Crippen LogP contribution in [0.3, 0.4) is 0 Å². The molecular formula is C17H18N4O6S. The monoisotopic (exact) mass is 406 g/mol. The number of non-ortho nitro benzene ring substituents is 1. The number of carbonyl (C=O) groups excluding carboxylic acids is 1. The number of nitro groups is 1. The van der Waals surface area contributed by atoms with Gasteiger partial charge in [0.15, 0.2) is 0 Å². The van der Waals surface area contributed by atoms with E-state index in [2.05, 4.69) is 10.5 Å². The zero-order chi connectivity index (χ0) is 20.7. The van der Waals surface area contributed by atoms with E-state index in [1.165, 1.54) is 49.7 Å². The average molecular weight is 406 g/mol. The Morgan fingerprint density at radius 2 is 1.82 bits per heavy atom. The first kappa shape index (κ1) is 20.8. The molecule has 0 aliphatic carbocycles. The maximum atomic E-state index is 12.1. The number of nitro benzene ring substituents is 1. The number of sulfonamides is 1. The van der Waals surface area contributed by atoms with Crippen molar-refractivity contribution < 1.29 is 22.9 Å². The summed E-state index contributed by atoms with van der Waals surface area (Å²) >= 11 is 0. The lowest BCUT2D eigenvalue weighted by Gasteiger charge is -2.21. The lowest BCUT2D eigenvalue weighted by Crippen LogP contribution is -2.39. The van der Waals surface area contributed by atoms with Crippen molar-refractivity contribution >= 4 is 33.5 Å². The molecule has 0 saturated carbocycles. The first-order valence-electron chi connectivity index (χ1n) is 7.89. The molecule has 0 aromatic heterocycles. The SMILES string of the molecule is COc1ccc(N(CC(=O)N/N=C/c2ccc([N+](=O)[O-])cc2)S(C)(=O)=O)cc1. The van der Waals surface area contributed by atoms with Gasteiger partial charge in [0.1, 0.15) is 12.3 Å². The van der Waals surface area contributed by atoms with E-state index < -0.39 is 27.4 Å². The van der Waals surface area contributed by atoms with Crippen LogP contribution in [-0.2, 0) is 14.8 Å². The Morgan fingerprint density at radius 1 is 1.21 bits per heavy atom. The third-order valence-corrected chi connectivity index (χ3v) is 4.70. The van der Waals surface area contributed by atoms with Gasteiger partial charge >= 0.3 is 0 Å². The Bertz CT molecular complexity index is 972. The molecule has 0 bridgehead atoms. The fraction of sp³-hybridized carbons (Fsp3) is 0.176. The van der Waals surface area contributed by atoms with Gasteiger partial charge in [-0.05, 0) is 42.0 Å². The summed E-state index contributed by atoms with van der Waals surface area (Å²) in [4.78, 5) is 22.2. The molecule has 0 aliphatic rings.